The Morgan fingerprint density at radius 3 is 2.45 bits per heavy atom. The van der Waals surface area contributed by atoms with Crippen molar-refractivity contribution in [3.05, 3.63) is 22.8 Å². The molecule has 0 aliphatic rings. The molecule has 0 spiro atoms. The number of nitrogens with zero attached hydrogens (tertiary/aromatic N) is 3. The summed E-state index contributed by atoms with van der Waals surface area (Å²) in [5.41, 5.74) is 3.05. The summed E-state index contributed by atoms with van der Waals surface area (Å²) in [4.78, 5) is 22.9. The Balaban J connectivity index is 2.91. The zero-order chi connectivity index (χ0) is 15.3. The van der Waals surface area contributed by atoms with E-state index in [1.165, 1.54) is 0 Å². The molecule has 0 saturated heterocycles. The Bertz CT molecular complexity index is 469. The number of aryl methyl sites for hydroxylation is 2. The molecule has 0 saturated carbocycles. The fourth-order valence-electron chi connectivity index (χ4n) is 2.24. The molecule has 0 bridgehead atoms. The van der Waals surface area contributed by atoms with Crippen molar-refractivity contribution in [2.24, 2.45) is 0 Å². The maximum atomic E-state index is 12.1. The molecule has 1 N–H and O–H groups in total. The molecule has 1 rings (SSSR count). The lowest BCUT2D eigenvalue weighted by molar-refractivity contribution is 0.0940. The van der Waals surface area contributed by atoms with Gasteiger partial charge in [0.1, 0.15) is 0 Å². The maximum Gasteiger partial charge on any atom is 0.289 e. The fraction of sp³-hybridized carbons (Fsp3) is 0.667. The topological polar surface area (TPSA) is 58.1 Å². The highest BCUT2D eigenvalue weighted by Gasteiger charge is 2.17. The Hall–Kier alpha value is -1.49. The second kappa shape index (κ2) is 7.33. The highest BCUT2D eigenvalue weighted by atomic mass is 16.2. The van der Waals surface area contributed by atoms with Crippen LogP contribution in [0.2, 0.25) is 0 Å². The van der Waals surface area contributed by atoms with Crippen molar-refractivity contribution in [3.63, 3.8) is 0 Å². The first-order valence-electron chi connectivity index (χ1n) is 7.17. The minimum atomic E-state index is -0.194. The van der Waals surface area contributed by atoms with Crippen molar-refractivity contribution >= 4 is 5.91 Å². The largest absolute Gasteiger partial charge is 0.348 e. The van der Waals surface area contributed by atoms with E-state index in [1.807, 2.05) is 25.9 Å². The van der Waals surface area contributed by atoms with E-state index in [2.05, 4.69) is 36.1 Å². The number of hydrogen-bond donors (Lipinski definition) is 1. The van der Waals surface area contributed by atoms with Gasteiger partial charge in [-0.15, -0.1) is 0 Å². The van der Waals surface area contributed by atoms with Crippen LogP contribution < -0.4 is 5.32 Å². The van der Waals surface area contributed by atoms with Gasteiger partial charge >= 0.3 is 0 Å². The molecule has 20 heavy (non-hydrogen) atoms. The predicted octanol–water partition coefficient (Wildman–Crippen LogP) is 1.76. The van der Waals surface area contributed by atoms with Gasteiger partial charge in [0.25, 0.3) is 5.91 Å². The molecule has 0 aliphatic heterocycles. The Kier molecular flexibility index (Phi) is 6.07. The van der Waals surface area contributed by atoms with Crippen molar-refractivity contribution in [2.75, 3.05) is 27.2 Å². The van der Waals surface area contributed by atoms with Crippen molar-refractivity contribution in [3.8, 4) is 0 Å². The SMILES string of the molecule is CCc1nc(C(=O)NCCN(C)C)nc(C)c1C(C)C. The lowest BCUT2D eigenvalue weighted by atomic mass is 9.98. The third-order valence-corrected chi connectivity index (χ3v) is 3.18. The molecule has 5 nitrogen and oxygen atoms in total. The average molecular weight is 278 g/mol. The van der Waals surface area contributed by atoms with Gasteiger partial charge in [0.2, 0.25) is 5.82 Å². The van der Waals surface area contributed by atoms with Crippen LogP contribution in [-0.4, -0.2) is 48.0 Å². The van der Waals surface area contributed by atoms with E-state index in [0.717, 1.165) is 29.9 Å². The number of carbonyl (C=O) groups is 1. The number of carbonyl (C=O) groups excluding carboxylic acids is 1. The maximum absolute atomic E-state index is 12.1. The van der Waals surface area contributed by atoms with Crippen molar-refractivity contribution in [1.82, 2.24) is 20.2 Å². The van der Waals surface area contributed by atoms with Crippen LogP contribution in [0, 0.1) is 6.92 Å². The molecular formula is C15H26N4O. The van der Waals surface area contributed by atoms with E-state index < -0.39 is 0 Å². The summed E-state index contributed by atoms with van der Waals surface area (Å²) in [6.45, 7) is 9.66. The molecule has 5 heteroatoms. The van der Waals surface area contributed by atoms with Crippen LogP contribution >= 0.6 is 0 Å². The Morgan fingerprint density at radius 2 is 1.95 bits per heavy atom. The summed E-state index contributed by atoms with van der Waals surface area (Å²) < 4.78 is 0. The zero-order valence-corrected chi connectivity index (χ0v) is 13.4. The van der Waals surface area contributed by atoms with Gasteiger partial charge in [-0.1, -0.05) is 20.8 Å². The number of rotatable bonds is 6. The zero-order valence-electron chi connectivity index (χ0n) is 13.4. The molecule has 1 heterocycles. The van der Waals surface area contributed by atoms with Crippen molar-refractivity contribution in [2.45, 2.75) is 40.0 Å². The normalized spacial score (nSPS) is 11.2. The first kappa shape index (κ1) is 16.6. The van der Waals surface area contributed by atoms with Gasteiger partial charge in [-0.05, 0) is 38.9 Å². The lowest BCUT2D eigenvalue weighted by Crippen LogP contribution is -2.32. The number of amides is 1. The second-order valence-electron chi connectivity index (χ2n) is 5.56. The molecule has 0 aromatic carbocycles. The van der Waals surface area contributed by atoms with Crippen molar-refractivity contribution < 1.29 is 4.79 Å². The Morgan fingerprint density at radius 1 is 1.30 bits per heavy atom. The molecule has 0 atom stereocenters. The van der Waals surface area contributed by atoms with E-state index in [-0.39, 0.29) is 11.7 Å². The number of aromatic nitrogens is 2. The minimum Gasteiger partial charge on any atom is -0.348 e. The van der Waals surface area contributed by atoms with Gasteiger partial charge in [-0.25, -0.2) is 9.97 Å². The van der Waals surface area contributed by atoms with Crippen LogP contribution in [0.4, 0.5) is 0 Å². The average Bonchev–Trinajstić information content (AvgIpc) is 2.36. The van der Waals surface area contributed by atoms with Gasteiger partial charge in [-0.2, -0.15) is 0 Å². The highest BCUT2D eigenvalue weighted by Crippen LogP contribution is 2.21. The predicted molar refractivity (Wildman–Crippen MR) is 81.1 cm³/mol. The highest BCUT2D eigenvalue weighted by molar-refractivity contribution is 5.90. The minimum absolute atomic E-state index is 0.194. The molecule has 112 valence electrons. The van der Waals surface area contributed by atoms with Gasteiger partial charge in [-0.3, -0.25) is 4.79 Å². The third-order valence-electron chi connectivity index (χ3n) is 3.18. The van der Waals surface area contributed by atoms with E-state index in [1.54, 1.807) is 0 Å². The van der Waals surface area contributed by atoms with Crippen LogP contribution in [-0.2, 0) is 6.42 Å². The van der Waals surface area contributed by atoms with Gasteiger partial charge in [0.05, 0.1) is 0 Å². The smallest absolute Gasteiger partial charge is 0.289 e. The lowest BCUT2D eigenvalue weighted by Gasteiger charge is -2.15. The van der Waals surface area contributed by atoms with E-state index >= 15 is 0 Å². The standard InChI is InChI=1S/C15H26N4O/c1-7-12-13(10(2)3)11(4)17-14(18-12)15(20)16-8-9-19(5)6/h10H,7-9H2,1-6H3,(H,16,20). The molecule has 0 unspecified atom stereocenters. The fourth-order valence-corrected chi connectivity index (χ4v) is 2.24. The van der Waals surface area contributed by atoms with Crippen LogP contribution in [0.3, 0.4) is 0 Å². The number of nitrogens with one attached hydrogen (secondary N) is 1. The quantitative estimate of drug-likeness (QED) is 0.861. The summed E-state index contributed by atoms with van der Waals surface area (Å²) in [6, 6.07) is 0. The van der Waals surface area contributed by atoms with Gasteiger partial charge in [0, 0.05) is 24.5 Å². The van der Waals surface area contributed by atoms with Crippen molar-refractivity contribution in [1.29, 1.82) is 0 Å². The molecule has 1 aromatic rings. The van der Waals surface area contributed by atoms with Crippen LogP contribution in [0.5, 0.6) is 0 Å². The Labute approximate surface area is 121 Å². The van der Waals surface area contributed by atoms with E-state index in [9.17, 15) is 4.79 Å². The first-order chi connectivity index (χ1) is 9.36. The third kappa shape index (κ3) is 4.27. The first-order valence-corrected chi connectivity index (χ1v) is 7.17. The van der Waals surface area contributed by atoms with Gasteiger partial charge < -0.3 is 10.2 Å². The summed E-state index contributed by atoms with van der Waals surface area (Å²) in [5, 5.41) is 2.85. The van der Waals surface area contributed by atoms with Crippen LogP contribution in [0.15, 0.2) is 0 Å². The molecule has 0 fully saturated rings. The molecule has 0 aliphatic carbocycles. The van der Waals surface area contributed by atoms with Crippen LogP contribution in [0.1, 0.15) is 54.3 Å². The summed E-state index contributed by atoms with van der Waals surface area (Å²) in [7, 11) is 3.94. The molecule has 1 amide bonds. The van der Waals surface area contributed by atoms with Crippen LogP contribution in [0.25, 0.3) is 0 Å². The number of hydrogen-bond acceptors (Lipinski definition) is 4. The van der Waals surface area contributed by atoms with Gasteiger partial charge in [0.15, 0.2) is 0 Å². The van der Waals surface area contributed by atoms with E-state index in [4.69, 9.17) is 0 Å². The molecule has 1 aromatic heterocycles. The second-order valence-corrected chi connectivity index (χ2v) is 5.56. The molecule has 0 radical (unpaired) electrons. The summed E-state index contributed by atoms with van der Waals surface area (Å²) >= 11 is 0. The van der Waals surface area contributed by atoms with E-state index in [0.29, 0.717) is 12.5 Å². The number of likely N-dealkylation sites (N-methyl/N-ethyl adjacent to an activating group) is 1. The molecular weight excluding hydrogens is 252 g/mol. The monoisotopic (exact) mass is 278 g/mol. The summed E-state index contributed by atoms with van der Waals surface area (Å²) in [5.74, 6) is 0.457. The summed E-state index contributed by atoms with van der Waals surface area (Å²) in [6.07, 6.45) is 0.814.